The zero-order valence-corrected chi connectivity index (χ0v) is 16.1. The number of aromatic nitrogens is 4. The Morgan fingerprint density at radius 3 is 2.60 bits per heavy atom. The first kappa shape index (κ1) is 18.6. The Bertz CT molecular complexity index is 745. The van der Waals surface area contributed by atoms with E-state index in [0.717, 1.165) is 0 Å². The maximum Gasteiger partial charge on any atom is 0.265 e. The van der Waals surface area contributed by atoms with Crippen molar-refractivity contribution in [1.82, 2.24) is 19.6 Å². The van der Waals surface area contributed by atoms with Gasteiger partial charge < -0.3 is 9.47 Å². The van der Waals surface area contributed by atoms with Gasteiger partial charge in [-0.15, -0.1) is 5.10 Å². The first-order chi connectivity index (χ1) is 11.7. The van der Waals surface area contributed by atoms with Gasteiger partial charge in [-0.05, 0) is 17.9 Å². The fourth-order valence-corrected chi connectivity index (χ4v) is 3.01. The molecule has 0 aliphatic carbocycles. The van der Waals surface area contributed by atoms with Crippen LogP contribution in [-0.2, 0) is 9.47 Å². The number of fused-ring (bicyclic) bond motifs is 1. The van der Waals surface area contributed by atoms with Crippen LogP contribution in [0.5, 0.6) is 0 Å². The molecule has 1 fully saturated rings. The predicted molar refractivity (Wildman–Crippen MR) is 95.0 cm³/mol. The predicted octanol–water partition coefficient (Wildman–Crippen LogP) is 3.79. The molecule has 25 heavy (non-hydrogen) atoms. The van der Waals surface area contributed by atoms with Gasteiger partial charge in [-0.3, -0.25) is 5.41 Å². The first-order valence-electron chi connectivity index (χ1n) is 7.83. The Morgan fingerprint density at radius 1 is 1.24 bits per heavy atom. The summed E-state index contributed by atoms with van der Waals surface area (Å²) in [7, 11) is 0. The van der Waals surface area contributed by atoms with Gasteiger partial charge in [0.15, 0.2) is 5.82 Å². The van der Waals surface area contributed by atoms with Gasteiger partial charge >= 0.3 is 0 Å². The molecule has 0 amide bonds. The molecule has 3 heterocycles. The molecule has 136 valence electrons. The summed E-state index contributed by atoms with van der Waals surface area (Å²) in [4.78, 5) is 8.61. The van der Waals surface area contributed by atoms with E-state index in [1.807, 2.05) is 6.92 Å². The monoisotopic (exact) mass is 405 g/mol. The van der Waals surface area contributed by atoms with Crippen molar-refractivity contribution < 1.29 is 9.47 Å². The highest BCUT2D eigenvalue weighted by Gasteiger charge is 2.44. The minimum atomic E-state index is -1.93. The molecular formula is C15H18Cl3N5O2. The third-order valence-electron chi connectivity index (χ3n) is 4.73. The largest absolute Gasteiger partial charge is 0.448 e. The lowest BCUT2D eigenvalue weighted by Crippen LogP contribution is -2.44. The summed E-state index contributed by atoms with van der Waals surface area (Å²) >= 11 is 17.1. The Balaban J connectivity index is 1.87. The maximum absolute atomic E-state index is 7.80. The Kier molecular flexibility index (Phi) is 5.12. The molecule has 1 aliphatic heterocycles. The lowest BCUT2D eigenvalue weighted by Gasteiger charge is -2.42. The molecule has 1 aliphatic rings. The molecule has 1 saturated heterocycles. The molecule has 2 aromatic heterocycles. The fraction of sp³-hybridized carbons (Fsp3) is 0.600. The number of ether oxygens (including phenoxy) is 2. The van der Waals surface area contributed by atoms with Crippen molar-refractivity contribution in [2.24, 2.45) is 17.8 Å². The second-order valence-electron chi connectivity index (χ2n) is 6.28. The van der Waals surface area contributed by atoms with E-state index in [4.69, 9.17) is 49.7 Å². The van der Waals surface area contributed by atoms with Crippen molar-refractivity contribution in [3.05, 3.63) is 24.3 Å². The van der Waals surface area contributed by atoms with Gasteiger partial charge in [-0.2, -0.15) is 4.98 Å². The Morgan fingerprint density at radius 2 is 1.96 bits per heavy atom. The van der Waals surface area contributed by atoms with Crippen LogP contribution in [-0.4, -0.2) is 35.6 Å². The van der Waals surface area contributed by atoms with E-state index >= 15 is 0 Å². The lowest BCUT2D eigenvalue weighted by molar-refractivity contribution is -0.222. The molecule has 0 bridgehead atoms. The summed E-state index contributed by atoms with van der Waals surface area (Å²) in [5, 5.41) is 12.2. The fourth-order valence-electron chi connectivity index (χ4n) is 2.88. The molecule has 0 spiro atoms. The van der Waals surface area contributed by atoms with Crippen molar-refractivity contribution >= 4 is 46.5 Å². The van der Waals surface area contributed by atoms with Gasteiger partial charge in [-0.1, -0.05) is 55.6 Å². The summed E-state index contributed by atoms with van der Waals surface area (Å²) in [6.07, 6.45) is 2.27. The number of alkyl halides is 3. The van der Waals surface area contributed by atoms with Crippen molar-refractivity contribution in [2.45, 2.75) is 37.0 Å². The smallest absolute Gasteiger partial charge is 0.265 e. The number of halogens is 3. The molecule has 10 heteroatoms. The Hall–Kier alpha value is -1.15. The van der Waals surface area contributed by atoms with Crippen molar-refractivity contribution in [1.29, 1.82) is 5.41 Å². The summed E-state index contributed by atoms with van der Waals surface area (Å²) in [6.45, 7) is 6.14. The second-order valence-corrected chi connectivity index (χ2v) is 8.56. The third kappa shape index (κ3) is 3.69. The molecule has 0 saturated carbocycles. The summed E-state index contributed by atoms with van der Waals surface area (Å²) in [6, 6.07) is 1.77. The average Bonchev–Trinajstić information content (AvgIpc) is 2.98. The quantitative estimate of drug-likeness (QED) is 0.466. The number of rotatable bonds is 2. The molecule has 2 aromatic rings. The molecule has 2 unspecified atom stereocenters. The summed E-state index contributed by atoms with van der Waals surface area (Å²) < 4.78 is 11.2. The second kappa shape index (κ2) is 6.87. The van der Waals surface area contributed by atoms with Crippen LogP contribution in [0.15, 0.2) is 18.5 Å². The number of nitrogens with one attached hydrogen (secondary N) is 1. The van der Waals surface area contributed by atoms with Gasteiger partial charge in [0.2, 0.25) is 12.2 Å². The minimum absolute atomic E-state index is 0.00546. The van der Waals surface area contributed by atoms with Crippen molar-refractivity contribution in [2.75, 3.05) is 0 Å². The first-order valence-corrected chi connectivity index (χ1v) is 8.97. The number of nitrogens with zero attached hydrogens (tertiary/aromatic N) is 4. The lowest BCUT2D eigenvalue weighted by atomic mass is 9.78. The molecule has 1 N–H and O–H groups in total. The van der Waals surface area contributed by atoms with Crippen LogP contribution in [0, 0.1) is 23.2 Å². The SMILES string of the molecule is CC1[C@H](OC(=N)C(Cl)(Cl)Cl)OC(c2nc3ncccn3n2)[C@H](C)[C@@H]1C. The van der Waals surface area contributed by atoms with E-state index < -0.39 is 22.1 Å². The van der Waals surface area contributed by atoms with Crippen LogP contribution in [0.4, 0.5) is 0 Å². The van der Waals surface area contributed by atoms with E-state index in [1.54, 1.807) is 23.0 Å². The molecular weight excluding hydrogens is 389 g/mol. The topological polar surface area (TPSA) is 85.4 Å². The van der Waals surface area contributed by atoms with E-state index in [9.17, 15) is 0 Å². The highest BCUT2D eigenvalue weighted by atomic mass is 35.6. The third-order valence-corrected chi connectivity index (χ3v) is 5.24. The van der Waals surface area contributed by atoms with Crippen LogP contribution < -0.4 is 0 Å². The van der Waals surface area contributed by atoms with Gasteiger partial charge in [0, 0.05) is 18.3 Å². The van der Waals surface area contributed by atoms with Gasteiger partial charge in [0.1, 0.15) is 6.10 Å². The minimum Gasteiger partial charge on any atom is -0.448 e. The van der Waals surface area contributed by atoms with Crippen LogP contribution >= 0.6 is 34.8 Å². The molecule has 0 aromatic carbocycles. The van der Waals surface area contributed by atoms with Crippen LogP contribution in [0.1, 0.15) is 32.7 Å². The van der Waals surface area contributed by atoms with E-state index in [0.29, 0.717) is 11.6 Å². The average molecular weight is 407 g/mol. The molecule has 3 rings (SSSR count). The van der Waals surface area contributed by atoms with Crippen molar-refractivity contribution in [3.63, 3.8) is 0 Å². The normalized spacial score (nSPS) is 30.4. The van der Waals surface area contributed by atoms with E-state index in [-0.39, 0.29) is 17.8 Å². The standard InChI is InChI=1S/C15H18Cl3N5O2/c1-7-8(2)10(11-21-14-20-5-4-6-23(14)22-11)24-12(9(7)3)25-13(19)15(16,17)18/h4-10,12,19H,1-3H3/t7-,8+,9?,10?,12-/m0/s1. The number of hydrogen-bond acceptors (Lipinski definition) is 6. The molecule has 7 nitrogen and oxygen atoms in total. The van der Waals surface area contributed by atoms with Crippen molar-refractivity contribution in [3.8, 4) is 0 Å². The Labute approximate surface area is 160 Å². The highest BCUT2D eigenvalue weighted by molar-refractivity contribution is 6.76. The zero-order chi connectivity index (χ0) is 18.4. The maximum atomic E-state index is 7.80. The van der Waals surface area contributed by atoms with Crippen LogP contribution in [0.2, 0.25) is 0 Å². The van der Waals surface area contributed by atoms with Gasteiger partial charge in [-0.25, -0.2) is 9.50 Å². The van der Waals surface area contributed by atoms with Gasteiger partial charge in [0.25, 0.3) is 9.57 Å². The van der Waals surface area contributed by atoms with Crippen LogP contribution in [0.25, 0.3) is 5.78 Å². The van der Waals surface area contributed by atoms with Gasteiger partial charge in [0.05, 0.1) is 0 Å². The summed E-state index contributed by atoms with van der Waals surface area (Å²) in [5.41, 5.74) is 0. The highest BCUT2D eigenvalue weighted by Crippen LogP contribution is 2.43. The summed E-state index contributed by atoms with van der Waals surface area (Å²) in [5.74, 6) is 0.874. The van der Waals surface area contributed by atoms with E-state index in [2.05, 4.69) is 28.9 Å². The zero-order valence-electron chi connectivity index (χ0n) is 13.9. The molecule has 0 radical (unpaired) electrons. The van der Waals surface area contributed by atoms with E-state index in [1.165, 1.54) is 0 Å². The number of hydrogen-bond donors (Lipinski definition) is 1. The molecule has 5 atom stereocenters. The van der Waals surface area contributed by atoms with Crippen LogP contribution in [0.3, 0.4) is 0 Å².